The van der Waals surface area contributed by atoms with Crippen LogP contribution in [0.15, 0.2) is 41.2 Å². The Kier molecular flexibility index (Phi) is 5.59. The van der Waals surface area contributed by atoms with Crippen LogP contribution in [-0.4, -0.2) is 43.4 Å². The summed E-state index contributed by atoms with van der Waals surface area (Å²) in [6.45, 7) is 6.70. The fraction of sp³-hybridized carbons (Fsp3) is 0.480. The topological polar surface area (TPSA) is 73.7 Å². The first-order valence-corrected chi connectivity index (χ1v) is 11.7. The Bertz CT molecular complexity index is 1180. The van der Waals surface area contributed by atoms with Crippen molar-refractivity contribution >= 4 is 11.6 Å². The van der Waals surface area contributed by atoms with Crippen molar-refractivity contribution < 1.29 is 4.79 Å². The zero-order valence-corrected chi connectivity index (χ0v) is 18.9. The van der Waals surface area contributed by atoms with Crippen molar-refractivity contribution in [2.24, 2.45) is 5.92 Å². The van der Waals surface area contributed by atoms with Crippen molar-refractivity contribution in [2.45, 2.75) is 58.7 Å². The molecule has 4 heterocycles. The molecule has 1 fully saturated rings. The van der Waals surface area contributed by atoms with E-state index in [1.165, 1.54) is 18.4 Å². The third kappa shape index (κ3) is 3.86. The number of hydrogen-bond donors (Lipinski definition) is 1. The molecule has 0 radical (unpaired) electrons. The summed E-state index contributed by atoms with van der Waals surface area (Å²) in [4.78, 5) is 34.9. The number of hydrogen-bond acceptors (Lipinski definition) is 4. The summed E-state index contributed by atoms with van der Waals surface area (Å²) in [6.07, 6.45) is 4.06. The Morgan fingerprint density at radius 3 is 2.78 bits per heavy atom. The Morgan fingerprint density at radius 2 is 2.00 bits per heavy atom. The third-order valence-corrected chi connectivity index (χ3v) is 6.79. The zero-order chi connectivity index (χ0) is 22.2. The number of nitrogens with one attached hydrogen (secondary N) is 1. The number of nitrogens with zero attached hydrogens (tertiary/aromatic N) is 4. The molecule has 168 valence electrons. The monoisotopic (exact) mass is 433 g/mol. The van der Waals surface area contributed by atoms with Gasteiger partial charge in [-0.1, -0.05) is 50.6 Å². The average molecular weight is 434 g/mol. The molecule has 2 aromatic heterocycles. The van der Waals surface area contributed by atoms with Gasteiger partial charge in [0.15, 0.2) is 5.65 Å². The van der Waals surface area contributed by atoms with Gasteiger partial charge in [-0.3, -0.25) is 19.6 Å². The lowest BCUT2D eigenvalue weighted by Gasteiger charge is -2.35. The Hall–Kier alpha value is -2.93. The highest BCUT2D eigenvalue weighted by Crippen LogP contribution is 2.32. The van der Waals surface area contributed by atoms with Crippen LogP contribution < -0.4 is 5.56 Å². The van der Waals surface area contributed by atoms with E-state index < -0.39 is 0 Å². The first-order chi connectivity index (χ1) is 15.5. The summed E-state index contributed by atoms with van der Waals surface area (Å²) in [7, 11) is 0. The Morgan fingerprint density at radius 1 is 1.19 bits per heavy atom. The summed E-state index contributed by atoms with van der Waals surface area (Å²) >= 11 is 0. The van der Waals surface area contributed by atoms with Gasteiger partial charge in [-0.15, -0.1) is 0 Å². The van der Waals surface area contributed by atoms with Gasteiger partial charge in [-0.25, -0.2) is 9.50 Å². The van der Waals surface area contributed by atoms with Crippen LogP contribution in [0.1, 0.15) is 61.7 Å². The van der Waals surface area contributed by atoms with Crippen LogP contribution in [0.4, 0.5) is 0 Å². The second-order valence-corrected chi connectivity index (χ2v) is 9.38. The predicted octanol–water partition coefficient (Wildman–Crippen LogP) is 3.29. The van der Waals surface area contributed by atoms with Gasteiger partial charge in [0, 0.05) is 31.5 Å². The summed E-state index contributed by atoms with van der Waals surface area (Å²) in [5.74, 6) is 0.0149. The second-order valence-electron chi connectivity index (χ2n) is 9.38. The lowest BCUT2D eigenvalue weighted by atomic mass is 9.98. The molecule has 0 saturated carbocycles. The van der Waals surface area contributed by atoms with Crippen molar-refractivity contribution in [3.8, 4) is 0 Å². The number of piperidine rings is 1. The number of rotatable bonds is 4. The molecule has 32 heavy (non-hydrogen) atoms. The maximum Gasteiger partial charge on any atom is 0.277 e. The van der Waals surface area contributed by atoms with E-state index in [1.54, 1.807) is 9.42 Å². The maximum atomic E-state index is 13.3. The molecule has 0 spiro atoms. The SMILES string of the molecule is CC(C)C(=O)N1CCc2nc3cc([C@@H]4CCCCN4Cc4ccccc4)[nH]n3c(=O)c2C1. The van der Waals surface area contributed by atoms with Crippen LogP contribution in [0, 0.1) is 5.92 Å². The van der Waals surface area contributed by atoms with E-state index in [2.05, 4.69) is 34.3 Å². The number of amides is 1. The molecule has 2 aliphatic heterocycles. The van der Waals surface area contributed by atoms with Crippen LogP contribution in [-0.2, 0) is 24.3 Å². The predicted molar refractivity (Wildman–Crippen MR) is 123 cm³/mol. The van der Waals surface area contributed by atoms with E-state index in [0.717, 1.165) is 30.9 Å². The molecular formula is C25H31N5O2. The van der Waals surface area contributed by atoms with E-state index in [9.17, 15) is 9.59 Å². The lowest BCUT2D eigenvalue weighted by Crippen LogP contribution is -2.41. The Labute approximate surface area is 188 Å². The summed E-state index contributed by atoms with van der Waals surface area (Å²) < 4.78 is 1.58. The van der Waals surface area contributed by atoms with Crippen molar-refractivity contribution in [1.29, 1.82) is 0 Å². The van der Waals surface area contributed by atoms with E-state index in [1.807, 2.05) is 26.0 Å². The van der Waals surface area contributed by atoms with E-state index in [0.29, 0.717) is 30.7 Å². The molecular weight excluding hydrogens is 402 g/mol. The first kappa shape index (κ1) is 20.9. The molecule has 0 bridgehead atoms. The molecule has 7 nitrogen and oxygen atoms in total. The van der Waals surface area contributed by atoms with Gasteiger partial charge in [-0.2, -0.15) is 0 Å². The molecule has 7 heteroatoms. The molecule has 5 rings (SSSR count). The van der Waals surface area contributed by atoms with Crippen molar-refractivity contribution in [3.63, 3.8) is 0 Å². The fourth-order valence-electron chi connectivity index (χ4n) is 5.07. The molecule has 2 aliphatic rings. The minimum Gasteiger partial charge on any atom is -0.337 e. The molecule has 1 amide bonds. The molecule has 0 aliphatic carbocycles. The number of aromatic amines is 1. The van der Waals surface area contributed by atoms with Crippen LogP contribution >= 0.6 is 0 Å². The van der Waals surface area contributed by atoms with Gasteiger partial charge in [0.1, 0.15) is 0 Å². The van der Waals surface area contributed by atoms with Gasteiger partial charge in [0.05, 0.1) is 29.5 Å². The van der Waals surface area contributed by atoms with Gasteiger partial charge in [-0.05, 0) is 24.9 Å². The molecule has 1 N–H and O–H groups in total. The standard InChI is InChI=1S/C25H31N5O2/c1-17(2)24(31)29-13-11-20-19(16-29)25(32)30-23(26-20)14-21(27-30)22-10-6-7-12-28(22)15-18-8-4-3-5-9-18/h3-5,8-9,14,17,22,27H,6-7,10-13,15-16H2,1-2H3/t22-/m0/s1. The first-order valence-electron chi connectivity index (χ1n) is 11.7. The maximum absolute atomic E-state index is 13.3. The lowest BCUT2D eigenvalue weighted by molar-refractivity contribution is -0.135. The Balaban J connectivity index is 1.46. The minimum atomic E-state index is -0.0806. The average Bonchev–Trinajstić information content (AvgIpc) is 3.24. The molecule has 1 atom stereocenters. The minimum absolute atomic E-state index is 0.0741. The van der Waals surface area contributed by atoms with Crippen molar-refractivity contribution in [2.75, 3.05) is 13.1 Å². The zero-order valence-electron chi connectivity index (χ0n) is 18.9. The smallest absolute Gasteiger partial charge is 0.277 e. The highest BCUT2D eigenvalue weighted by Gasteiger charge is 2.29. The number of benzene rings is 1. The molecule has 3 aromatic rings. The molecule has 1 aromatic carbocycles. The summed E-state index contributed by atoms with van der Waals surface area (Å²) in [5.41, 5.74) is 4.42. The van der Waals surface area contributed by atoms with Gasteiger partial charge in [0.2, 0.25) is 5.91 Å². The normalized spacial score (nSPS) is 19.5. The summed E-state index contributed by atoms with van der Waals surface area (Å²) in [5, 5.41) is 3.36. The van der Waals surface area contributed by atoms with Crippen LogP contribution in [0.3, 0.4) is 0 Å². The van der Waals surface area contributed by atoms with Crippen LogP contribution in [0.2, 0.25) is 0 Å². The largest absolute Gasteiger partial charge is 0.337 e. The number of fused-ring (bicyclic) bond motifs is 2. The van der Waals surface area contributed by atoms with Crippen LogP contribution in [0.25, 0.3) is 5.65 Å². The number of H-pyrrole nitrogens is 1. The highest BCUT2D eigenvalue weighted by atomic mass is 16.2. The molecule has 0 unspecified atom stereocenters. The van der Waals surface area contributed by atoms with Gasteiger partial charge in [0.25, 0.3) is 5.56 Å². The van der Waals surface area contributed by atoms with Gasteiger partial charge >= 0.3 is 0 Å². The number of aromatic nitrogens is 3. The van der Waals surface area contributed by atoms with E-state index in [4.69, 9.17) is 4.98 Å². The number of carbonyl (C=O) groups is 1. The highest BCUT2D eigenvalue weighted by molar-refractivity contribution is 5.78. The third-order valence-electron chi connectivity index (χ3n) is 6.79. The van der Waals surface area contributed by atoms with Crippen molar-refractivity contribution in [1.82, 2.24) is 24.4 Å². The quantitative estimate of drug-likeness (QED) is 0.685. The number of likely N-dealkylation sites (tertiary alicyclic amines) is 1. The van der Waals surface area contributed by atoms with E-state index in [-0.39, 0.29) is 23.4 Å². The van der Waals surface area contributed by atoms with Crippen molar-refractivity contribution in [3.05, 3.63) is 69.3 Å². The summed E-state index contributed by atoms with van der Waals surface area (Å²) in [6, 6.07) is 12.8. The fourth-order valence-corrected chi connectivity index (χ4v) is 5.07. The van der Waals surface area contributed by atoms with Crippen LogP contribution in [0.5, 0.6) is 0 Å². The molecule has 1 saturated heterocycles. The van der Waals surface area contributed by atoms with E-state index >= 15 is 0 Å². The second kappa shape index (κ2) is 8.54. The van der Waals surface area contributed by atoms with Gasteiger partial charge < -0.3 is 4.90 Å². The number of carbonyl (C=O) groups excluding carboxylic acids is 1.